The molecule has 30 heavy (non-hydrogen) atoms. The number of carbonyl (C=O) groups is 2. The summed E-state index contributed by atoms with van der Waals surface area (Å²) in [6.07, 6.45) is 4.15. The highest BCUT2D eigenvalue weighted by atomic mass is 16.6. The zero-order valence-corrected chi connectivity index (χ0v) is 17.8. The molecule has 160 valence electrons. The van der Waals surface area contributed by atoms with Crippen LogP contribution >= 0.6 is 0 Å². The van der Waals surface area contributed by atoms with Gasteiger partial charge in [-0.3, -0.25) is 5.32 Å². The highest BCUT2D eigenvalue weighted by molar-refractivity contribution is 5.89. The molecule has 0 unspecified atom stereocenters. The standard InChI is InChI=1S/C19H25N7O4/c1-18(2,3)29-16(27)14-11-25(24-23-14)9-12-10-26-15(21-12)13(7-8-20-26)22-17(28)30-19(4,5)6/h7-8,10-11H,9H2,1-6H3,(H,22,28). The molecule has 1 amide bonds. The molecule has 1 N–H and O–H groups in total. The Morgan fingerprint density at radius 2 is 1.77 bits per heavy atom. The number of carbonyl (C=O) groups excluding carboxylic acids is 2. The molecule has 3 rings (SSSR count). The maximum Gasteiger partial charge on any atom is 0.412 e. The molecule has 0 aliphatic rings. The molecule has 11 heteroatoms. The Bertz CT molecular complexity index is 1070. The van der Waals surface area contributed by atoms with Crippen molar-refractivity contribution in [1.29, 1.82) is 0 Å². The molecule has 3 aromatic heterocycles. The Labute approximate surface area is 173 Å². The number of ether oxygens (including phenoxy) is 2. The van der Waals surface area contributed by atoms with Crippen molar-refractivity contribution in [2.75, 3.05) is 5.32 Å². The molecular formula is C19H25N7O4. The van der Waals surface area contributed by atoms with Gasteiger partial charge in [0.25, 0.3) is 0 Å². The van der Waals surface area contributed by atoms with E-state index in [0.717, 1.165) is 0 Å². The van der Waals surface area contributed by atoms with Gasteiger partial charge in [-0.25, -0.2) is 23.8 Å². The quantitative estimate of drug-likeness (QED) is 0.645. The fraction of sp³-hybridized carbons (Fsp3) is 0.474. The number of hydrogen-bond acceptors (Lipinski definition) is 8. The van der Waals surface area contributed by atoms with Crippen LogP contribution in [0.15, 0.2) is 24.7 Å². The fourth-order valence-electron chi connectivity index (χ4n) is 2.50. The Hall–Kier alpha value is -3.50. The van der Waals surface area contributed by atoms with Gasteiger partial charge in [0.2, 0.25) is 0 Å². The van der Waals surface area contributed by atoms with Crippen molar-refractivity contribution in [2.24, 2.45) is 0 Å². The van der Waals surface area contributed by atoms with E-state index in [1.165, 1.54) is 15.4 Å². The van der Waals surface area contributed by atoms with Gasteiger partial charge in [-0.15, -0.1) is 5.10 Å². The minimum atomic E-state index is -0.619. The molecule has 0 spiro atoms. The van der Waals surface area contributed by atoms with E-state index in [-0.39, 0.29) is 12.2 Å². The van der Waals surface area contributed by atoms with E-state index in [4.69, 9.17) is 9.47 Å². The van der Waals surface area contributed by atoms with Gasteiger partial charge < -0.3 is 9.47 Å². The predicted octanol–water partition coefficient (Wildman–Crippen LogP) is 2.67. The Morgan fingerprint density at radius 3 is 2.43 bits per heavy atom. The van der Waals surface area contributed by atoms with Crippen molar-refractivity contribution in [3.05, 3.63) is 36.0 Å². The highest BCUT2D eigenvalue weighted by Gasteiger charge is 2.21. The highest BCUT2D eigenvalue weighted by Crippen LogP contribution is 2.17. The van der Waals surface area contributed by atoms with E-state index in [9.17, 15) is 9.59 Å². The molecule has 3 aromatic rings. The third-order valence-electron chi connectivity index (χ3n) is 3.52. The number of hydrogen-bond donors (Lipinski definition) is 1. The van der Waals surface area contributed by atoms with Gasteiger partial charge in [0.1, 0.15) is 11.2 Å². The molecule has 0 radical (unpaired) electrons. The summed E-state index contributed by atoms with van der Waals surface area (Å²) >= 11 is 0. The average molecular weight is 415 g/mol. The lowest BCUT2D eigenvalue weighted by molar-refractivity contribution is 0.00624. The van der Waals surface area contributed by atoms with Crippen LogP contribution in [0.3, 0.4) is 0 Å². The van der Waals surface area contributed by atoms with Crippen LogP contribution in [0.2, 0.25) is 0 Å². The van der Waals surface area contributed by atoms with Gasteiger partial charge in [-0.2, -0.15) is 5.10 Å². The van der Waals surface area contributed by atoms with E-state index < -0.39 is 23.3 Å². The smallest absolute Gasteiger partial charge is 0.412 e. The second-order valence-corrected chi connectivity index (χ2v) is 8.68. The molecule has 0 saturated carbocycles. The van der Waals surface area contributed by atoms with Crippen molar-refractivity contribution in [3.8, 4) is 0 Å². The number of nitrogens with one attached hydrogen (secondary N) is 1. The van der Waals surface area contributed by atoms with Gasteiger partial charge in [-0.1, -0.05) is 5.21 Å². The molecule has 0 aliphatic heterocycles. The first-order valence-corrected chi connectivity index (χ1v) is 9.36. The molecule has 0 atom stereocenters. The maximum absolute atomic E-state index is 12.1. The van der Waals surface area contributed by atoms with Gasteiger partial charge in [0.15, 0.2) is 11.3 Å². The van der Waals surface area contributed by atoms with Crippen molar-refractivity contribution >= 4 is 23.4 Å². The molecular weight excluding hydrogens is 390 g/mol. The second-order valence-electron chi connectivity index (χ2n) is 8.68. The lowest BCUT2D eigenvalue weighted by atomic mass is 10.2. The number of aromatic nitrogens is 6. The lowest BCUT2D eigenvalue weighted by Crippen LogP contribution is -2.27. The summed E-state index contributed by atoms with van der Waals surface area (Å²) < 4.78 is 13.6. The van der Waals surface area contributed by atoms with E-state index in [1.54, 1.807) is 60.0 Å². The monoisotopic (exact) mass is 415 g/mol. The second kappa shape index (κ2) is 7.73. The van der Waals surface area contributed by atoms with Crippen molar-refractivity contribution in [3.63, 3.8) is 0 Å². The Kier molecular flexibility index (Phi) is 5.47. The number of rotatable bonds is 4. The first-order valence-electron chi connectivity index (χ1n) is 9.36. The van der Waals surface area contributed by atoms with Gasteiger partial charge in [0, 0.05) is 0 Å². The number of nitrogens with zero attached hydrogens (tertiary/aromatic N) is 6. The van der Waals surface area contributed by atoms with Crippen LogP contribution in [-0.2, 0) is 16.0 Å². The molecule has 11 nitrogen and oxygen atoms in total. The number of amides is 1. The van der Waals surface area contributed by atoms with E-state index in [2.05, 4.69) is 25.7 Å². The molecule has 0 aliphatic carbocycles. The first-order chi connectivity index (χ1) is 13.9. The number of imidazole rings is 1. The summed E-state index contributed by atoms with van der Waals surface area (Å²) in [5.41, 5.74) is 0.392. The minimum Gasteiger partial charge on any atom is -0.455 e. The number of anilines is 1. The van der Waals surface area contributed by atoms with Crippen LogP contribution in [-0.4, -0.2) is 52.9 Å². The van der Waals surface area contributed by atoms with Crippen LogP contribution in [0.25, 0.3) is 5.65 Å². The van der Waals surface area contributed by atoms with Crippen LogP contribution < -0.4 is 5.32 Å². The minimum absolute atomic E-state index is 0.110. The first kappa shape index (κ1) is 21.2. The van der Waals surface area contributed by atoms with Crippen molar-refractivity contribution in [1.82, 2.24) is 29.6 Å². The van der Waals surface area contributed by atoms with E-state index >= 15 is 0 Å². The zero-order valence-electron chi connectivity index (χ0n) is 17.8. The summed E-state index contributed by atoms with van der Waals surface area (Å²) in [6.45, 7) is 10.9. The third kappa shape index (κ3) is 5.52. The normalized spacial score (nSPS) is 12.1. The molecule has 0 bridgehead atoms. The Balaban J connectivity index is 1.75. The van der Waals surface area contributed by atoms with Crippen LogP contribution in [0.5, 0.6) is 0 Å². The lowest BCUT2D eigenvalue weighted by Gasteiger charge is -2.19. The maximum atomic E-state index is 12.1. The zero-order chi connectivity index (χ0) is 22.1. The van der Waals surface area contributed by atoms with Gasteiger partial charge in [-0.05, 0) is 47.6 Å². The average Bonchev–Trinajstić information content (AvgIpc) is 3.19. The summed E-state index contributed by atoms with van der Waals surface area (Å²) in [6, 6.07) is 1.63. The summed E-state index contributed by atoms with van der Waals surface area (Å²) in [4.78, 5) is 28.7. The number of fused-ring (bicyclic) bond motifs is 1. The largest absolute Gasteiger partial charge is 0.455 e. The van der Waals surface area contributed by atoms with E-state index in [0.29, 0.717) is 17.0 Å². The molecule has 0 aromatic carbocycles. The SMILES string of the molecule is CC(C)(C)OC(=O)Nc1ccnn2cc(Cn3cc(C(=O)OC(C)(C)C)nn3)nc12. The third-order valence-corrected chi connectivity index (χ3v) is 3.52. The predicted molar refractivity (Wildman–Crippen MR) is 107 cm³/mol. The number of esters is 1. The van der Waals surface area contributed by atoms with E-state index in [1.807, 2.05) is 0 Å². The van der Waals surface area contributed by atoms with Gasteiger partial charge >= 0.3 is 12.1 Å². The summed E-state index contributed by atoms with van der Waals surface area (Å²) in [5.74, 6) is -0.547. The molecule has 0 fully saturated rings. The molecule has 0 saturated heterocycles. The van der Waals surface area contributed by atoms with Gasteiger partial charge in [0.05, 0.1) is 36.5 Å². The summed E-state index contributed by atoms with van der Waals surface area (Å²) in [5, 5.41) is 14.7. The van der Waals surface area contributed by atoms with Crippen LogP contribution in [0.1, 0.15) is 57.7 Å². The summed E-state index contributed by atoms with van der Waals surface area (Å²) in [7, 11) is 0. The molecule has 3 heterocycles. The fourth-order valence-corrected chi connectivity index (χ4v) is 2.50. The van der Waals surface area contributed by atoms with Crippen molar-refractivity contribution < 1.29 is 19.1 Å². The van der Waals surface area contributed by atoms with Crippen LogP contribution in [0.4, 0.5) is 10.5 Å². The topological polar surface area (TPSA) is 126 Å². The van der Waals surface area contributed by atoms with Crippen molar-refractivity contribution in [2.45, 2.75) is 59.3 Å². The Morgan fingerprint density at radius 1 is 1.07 bits per heavy atom. The van der Waals surface area contributed by atoms with Crippen LogP contribution in [0, 0.1) is 0 Å².